The highest BCUT2D eigenvalue weighted by Gasteiger charge is 2.43. The van der Waals surface area contributed by atoms with E-state index in [4.69, 9.17) is 4.74 Å². The number of nitrogens with one attached hydrogen (secondary N) is 1. The van der Waals surface area contributed by atoms with Gasteiger partial charge in [-0.15, -0.1) is 0 Å². The molecule has 0 saturated carbocycles. The molecule has 0 atom stereocenters. The standard InChI is InChI=1S/C19H20N2O2/c22-18(20-16-7-2-1-3-8-16)21-12-10-19(11-13-21)17-9-5-4-6-15(17)14-23-19/h1-9H,10-14H2,(H,20,22). The second-order valence-electron chi connectivity index (χ2n) is 6.22. The highest BCUT2D eigenvalue weighted by atomic mass is 16.5. The Hall–Kier alpha value is -2.33. The van der Waals surface area contributed by atoms with Crippen LogP contribution in [0, 0.1) is 0 Å². The largest absolute Gasteiger partial charge is 0.365 e. The van der Waals surface area contributed by atoms with E-state index in [9.17, 15) is 4.79 Å². The van der Waals surface area contributed by atoms with E-state index >= 15 is 0 Å². The first-order valence-electron chi connectivity index (χ1n) is 8.10. The summed E-state index contributed by atoms with van der Waals surface area (Å²) in [5.41, 5.74) is 3.23. The molecule has 2 amide bonds. The fraction of sp³-hybridized carbons (Fsp3) is 0.316. The minimum Gasteiger partial charge on any atom is -0.365 e. The van der Waals surface area contributed by atoms with Gasteiger partial charge in [0.1, 0.15) is 0 Å². The lowest BCUT2D eigenvalue weighted by Gasteiger charge is -2.39. The molecule has 4 heteroatoms. The van der Waals surface area contributed by atoms with Crippen LogP contribution in [0.15, 0.2) is 54.6 Å². The summed E-state index contributed by atoms with van der Waals surface area (Å²) in [5, 5.41) is 2.96. The van der Waals surface area contributed by atoms with E-state index in [0.29, 0.717) is 19.7 Å². The molecule has 0 bridgehead atoms. The number of carbonyl (C=O) groups is 1. The highest BCUT2D eigenvalue weighted by Crippen LogP contribution is 2.43. The Morgan fingerprint density at radius 1 is 1.00 bits per heavy atom. The van der Waals surface area contributed by atoms with Crippen molar-refractivity contribution in [1.82, 2.24) is 4.90 Å². The number of rotatable bonds is 1. The maximum atomic E-state index is 12.4. The molecule has 0 aliphatic carbocycles. The molecule has 2 aromatic rings. The second kappa shape index (κ2) is 5.70. The molecule has 0 aromatic heterocycles. The maximum Gasteiger partial charge on any atom is 0.321 e. The van der Waals surface area contributed by atoms with Crippen molar-refractivity contribution < 1.29 is 9.53 Å². The summed E-state index contributed by atoms with van der Waals surface area (Å²) in [5.74, 6) is 0. The third-order valence-corrected chi connectivity index (χ3v) is 4.90. The molecule has 1 fully saturated rings. The molecule has 0 unspecified atom stereocenters. The minimum atomic E-state index is -0.194. The van der Waals surface area contributed by atoms with Gasteiger partial charge in [0.2, 0.25) is 0 Å². The summed E-state index contributed by atoms with van der Waals surface area (Å²) in [6.45, 7) is 2.12. The fourth-order valence-corrected chi connectivity index (χ4v) is 3.59. The Balaban J connectivity index is 1.43. The van der Waals surface area contributed by atoms with Crippen LogP contribution < -0.4 is 5.32 Å². The van der Waals surface area contributed by atoms with Crippen molar-refractivity contribution in [2.75, 3.05) is 18.4 Å². The fourth-order valence-electron chi connectivity index (χ4n) is 3.59. The molecule has 2 aliphatic heterocycles. The zero-order valence-corrected chi connectivity index (χ0v) is 13.0. The third-order valence-electron chi connectivity index (χ3n) is 4.90. The molecule has 2 heterocycles. The number of likely N-dealkylation sites (tertiary alicyclic amines) is 1. The summed E-state index contributed by atoms with van der Waals surface area (Å²) in [6.07, 6.45) is 1.71. The van der Waals surface area contributed by atoms with E-state index in [0.717, 1.165) is 18.5 Å². The number of carbonyl (C=O) groups excluding carboxylic acids is 1. The molecular formula is C19H20N2O2. The molecule has 2 aromatic carbocycles. The predicted molar refractivity (Wildman–Crippen MR) is 89.2 cm³/mol. The van der Waals surface area contributed by atoms with Gasteiger partial charge in [-0.25, -0.2) is 4.79 Å². The van der Waals surface area contributed by atoms with Crippen LogP contribution in [0.1, 0.15) is 24.0 Å². The summed E-state index contributed by atoms with van der Waals surface area (Å²) in [4.78, 5) is 14.3. The van der Waals surface area contributed by atoms with Crippen molar-refractivity contribution in [3.8, 4) is 0 Å². The van der Waals surface area contributed by atoms with E-state index in [-0.39, 0.29) is 11.6 Å². The van der Waals surface area contributed by atoms with Crippen molar-refractivity contribution >= 4 is 11.7 Å². The predicted octanol–water partition coefficient (Wildman–Crippen LogP) is 3.74. The number of fused-ring (bicyclic) bond motifs is 2. The number of urea groups is 1. The monoisotopic (exact) mass is 308 g/mol. The van der Waals surface area contributed by atoms with Crippen LogP contribution in [0.2, 0.25) is 0 Å². The van der Waals surface area contributed by atoms with Crippen LogP contribution in [-0.4, -0.2) is 24.0 Å². The molecule has 1 spiro atoms. The Morgan fingerprint density at radius 3 is 2.48 bits per heavy atom. The van der Waals surface area contributed by atoms with Crippen molar-refractivity contribution in [1.29, 1.82) is 0 Å². The van der Waals surface area contributed by atoms with Gasteiger partial charge < -0.3 is 15.0 Å². The summed E-state index contributed by atoms with van der Waals surface area (Å²) >= 11 is 0. The zero-order chi connectivity index (χ0) is 15.7. The van der Waals surface area contributed by atoms with Gasteiger partial charge >= 0.3 is 6.03 Å². The van der Waals surface area contributed by atoms with Crippen molar-refractivity contribution in [3.63, 3.8) is 0 Å². The van der Waals surface area contributed by atoms with E-state index in [1.165, 1.54) is 11.1 Å². The molecule has 2 aliphatic rings. The van der Waals surface area contributed by atoms with Gasteiger partial charge in [0.15, 0.2) is 0 Å². The van der Waals surface area contributed by atoms with Gasteiger partial charge in [-0.05, 0) is 36.1 Å². The maximum absolute atomic E-state index is 12.4. The number of piperidine rings is 1. The first-order valence-corrected chi connectivity index (χ1v) is 8.10. The van der Waals surface area contributed by atoms with E-state index in [1.54, 1.807) is 0 Å². The highest BCUT2D eigenvalue weighted by molar-refractivity contribution is 5.89. The van der Waals surface area contributed by atoms with Crippen LogP contribution in [0.3, 0.4) is 0 Å². The van der Waals surface area contributed by atoms with E-state index < -0.39 is 0 Å². The SMILES string of the molecule is O=C(Nc1ccccc1)N1CCC2(CC1)OCc1ccccc12. The lowest BCUT2D eigenvalue weighted by molar-refractivity contribution is -0.0722. The molecule has 118 valence electrons. The number of anilines is 1. The smallest absolute Gasteiger partial charge is 0.321 e. The third kappa shape index (κ3) is 2.59. The van der Waals surface area contributed by atoms with Crippen molar-refractivity contribution in [3.05, 3.63) is 65.7 Å². The molecule has 4 rings (SSSR count). The van der Waals surface area contributed by atoms with Crippen molar-refractivity contribution in [2.45, 2.75) is 25.0 Å². The summed E-state index contributed by atoms with van der Waals surface area (Å²) in [6, 6.07) is 18.0. The van der Waals surface area contributed by atoms with Crippen LogP contribution in [-0.2, 0) is 16.9 Å². The Kier molecular flexibility index (Phi) is 3.54. The van der Waals surface area contributed by atoms with Gasteiger partial charge in [-0.2, -0.15) is 0 Å². The minimum absolute atomic E-state index is 0.0302. The molecule has 4 nitrogen and oxygen atoms in total. The molecule has 1 saturated heterocycles. The molecule has 1 N–H and O–H groups in total. The Labute approximate surface area is 136 Å². The first-order chi connectivity index (χ1) is 11.3. The zero-order valence-electron chi connectivity index (χ0n) is 13.0. The lowest BCUT2D eigenvalue weighted by Crippen LogP contribution is -2.46. The number of amides is 2. The van der Waals surface area contributed by atoms with Crippen LogP contribution in [0.4, 0.5) is 10.5 Å². The number of benzene rings is 2. The van der Waals surface area contributed by atoms with Crippen LogP contribution in [0.25, 0.3) is 0 Å². The Bertz CT molecular complexity index is 706. The second-order valence-corrected chi connectivity index (χ2v) is 6.22. The molecule has 0 radical (unpaired) electrons. The number of ether oxygens (including phenoxy) is 1. The normalized spacial score (nSPS) is 18.7. The van der Waals surface area contributed by atoms with Gasteiger partial charge in [-0.3, -0.25) is 0 Å². The molecule has 23 heavy (non-hydrogen) atoms. The lowest BCUT2D eigenvalue weighted by atomic mass is 9.84. The van der Waals surface area contributed by atoms with Crippen LogP contribution in [0.5, 0.6) is 0 Å². The molecular weight excluding hydrogens is 288 g/mol. The summed E-state index contributed by atoms with van der Waals surface area (Å²) < 4.78 is 6.14. The van der Waals surface area contributed by atoms with Gasteiger partial charge in [-0.1, -0.05) is 42.5 Å². The quantitative estimate of drug-likeness (QED) is 0.872. The van der Waals surface area contributed by atoms with Gasteiger partial charge in [0, 0.05) is 18.8 Å². The summed E-state index contributed by atoms with van der Waals surface area (Å²) in [7, 11) is 0. The number of hydrogen-bond acceptors (Lipinski definition) is 2. The van der Waals surface area contributed by atoms with E-state index in [2.05, 4.69) is 29.6 Å². The number of hydrogen-bond donors (Lipinski definition) is 1. The number of nitrogens with zero attached hydrogens (tertiary/aromatic N) is 1. The van der Waals surface area contributed by atoms with Gasteiger partial charge in [0.05, 0.1) is 12.2 Å². The van der Waals surface area contributed by atoms with Crippen LogP contribution >= 0.6 is 0 Å². The number of para-hydroxylation sites is 1. The van der Waals surface area contributed by atoms with E-state index in [1.807, 2.05) is 35.2 Å². The van der Waals surface area contributed by atoms with Gasteiger partial charge in [0.25, 0.3) is 0 Å². The average molecular weight is 308 g/mol. The average Bonchev–Trinajstić information content (AvgIpc) is 2.95. The Morgan fingerprint density at radius 2 is 1.70 bits per heavy atom. The van der Waals surface area contributed by atoms with Crippen molar-refractivity contribution in [2.24, 2.45) is 0 Å². The topological polar surface area (TPSA) is 41.6 Å². The first kappa shape index (κ1) is 14.3.